The SMILES string of the molecule is CCCCCCNC(=O)N1Cc2cccc3cccc(c23)C1. The fourth-order valence-corrected chi connectivity index (χ4v) is 3.23. The summed E-state index contributed by atoms with van der Waals surface area (Å²) in [4.78, 5) is 14.3. The summed E-state index contributed by atoms with van der Waals surface area (Å²) in [5.41, 5.74) is 2.50. The van der Waals surface area contributed by atoms with Crippen LogP contribution in [0.15, 0.2) is 36.4 Å². The highest BCUT2D eigenvalue weighted by molar-refractivity contribution is 5.90. The first-order valence-corrected chi connectivity index (χ1v) is 8.32. The van der Waals surface area contributed by atoms with Gasteiger partial charge in [0.05, 0.1) is 0 Å². The minimum absolute atomic E-state index is 0.0583. The van der Waals surface area contributed by atoms with E-state index in [9.17, 15) is 4.79 Å². The zero-order chi connectivity index (χ0) is 15.4. The van der Waals surface area contributed by atoms with E-state index < -0.39 is 0 Å². The molecule has 0 aromatic heterocycles. The van der Waals surface area contributed by atoms with Crippen LogP contribution in [-0.4, -0.2) is 17.5 Å². The summed E-state index contributed by atoms with van der Waals surface area (Å²) in [6.45, 7) is 4.38. The van der Waals surface area contributed by atoms with E-state index in [1.165, 1.54) is 41.2 Å². The quantitative estimate of drug-likeness (QED) is 0.813. The molecule has 1 heterocycles. The van der Waals surface area contributed by atoms with Gasteiger partial charge in [-0.15, -0.1) is 0 Å². The summed E-state index contributed by atoms with van der Waals surface area (Å²) in [7, 11) is 0. The monoisotopic (exact) mass is 296 g/mol. The number of benzene rings is 2. The number of rotatable bonds is 5. The second kappa shape index (κ2) is 6.82. The Bertz CT molecular complexity index is 625. The molecule has 22 heavy (non-hydrogen) atoms. The van der Waals surface area contributed by atoms with Crippen LogP contribution in [0.2, 0.25) is 0 Å². The van der Waals surface area contributed by atoms with Crippen LogP contribution in [0, 0.1) is 0 Å². The van der Waals surface area contributed by atoms with Crippen molar-refractivity contribution < 1.29 is 4.79 Å². The third kappa shape index (κ3) is 3.08. The van der Waals surface area contributed by atoms with Gasteiger partial charge in [0.1, 0.15) is 0 Å². The van der Waals surface area contributed by atoms with Crippen LogP contribution in [0.4, 0.5) is 4.79 Å². The number of carbonyl (C=O) groups excluding carboxylic acids is 1. The summed E-state index contributed by atoms with van der Waals surface area (Å²) < 4.78 is 0. The van der Waals surface area contributed by atoms with E-state index in [-0.39, 0.29) is 6.03 Å². The van der Waals surface area contributed by atoms with Gasteiger partial charge in [-0.25, -0.2) is 4.79 Å². The maximum atomic E-state index is 12.4. The average molecular weight is 296 g/mol. The topological polar surface area (TPSA) is 32.3 Å². The predicted octanol–water partition coefficient (Wildman–Crippen LogP) is 4.45. The van der Waals surface area contributed by atoms with Gasteiger partial charge in [0, 0.05) is 19.6 Å². The van der Waals surface area contributed by atoms with Crippen molar-refractivity contribution in [2.75, 3.05) is 6.54 Å². The van der Waals surface area contributed by atoms with Crippen molar-refractivity contribution in [3.8, 4) is 0 Å². The molecule has 1 aliphatic heterocycles. The molecule has 0 saturated heterocycles. The number of carbonyl (C=O) groups is 1. The number of urea groups is 1. The molecule has 2 aromatic carbocycles. The minimum Gasteiger partial charge on any atom is -0.338 e. The normalized spacial score (nSPS) is 13.4. The Labute approximate surface area is 132 Å². The van der Waals surface area contributed by atoms with Crippen LogP contribution in [0.1, 0.15) is 43.7 Å². The van der Waals surface area contributed by atoms with Gasteiger partial charge in [0.2, 0.25) is 0 Å². The van der Waals surface area contributed by atoms with Gasteiger partial charge in [-0.1, -0.05) is 62.6 Å². The van der Waals surface area contributed by atoms with E-state index in [0.717, 1.165) is 13.0 Å². The fourth-order valence-electron chi connectivity index (χ4n) is 3.23. The predicted molar refractivity (Wildman–Crippen MR) is 90.7 cm³/mol. The summed E-state index contributed by atoms with van der Waals surface area (Å²) in [5.74, 6) is 0. The van der Waals surface area contributed by atoms with Gasteiger partial charge in [0.25, 0.3) is 0 Å². The van der Waals surface area contributed by atoms with Gasteiger partial charge in [0.15, 0.2) is 0 Å². The van der Waals surface area contributed by atoms with Crippen LogP contribution in [0.5, 0.6) is 0 Å². The Morgan fingerprint density at radius 3 is 2.36 bits per heavy atom. The molecule has 0 aliphatic carbocycles. The first-order valence-electron chi connectivity index (χ1n) is 8.32. The second-order valence-corrected chi connectivity index (χ2v) is 6.08. The molecule has 116 valence electrons. The Kier molecular flexibility index (Phi) is 4.62. The minimum atomic E-state index is 0.0583. The lowest BCUT2D eigenvalue weighted by Crippen LogP contribution is -2.40. The van der Waals surface area contributed by atoms with Gasteiger partial charge in [-0.2, -0.15) is 0 Å². The smallest absolute Gasteiger partial charge is 0.318 e. The number of hydrogen-bond acceptors (Lipinski definition) is 1. The maximum Gasteiger partial charge on any atom is 0.318 e. The molecule has 0 bridgehead atoms. The van der Waals surface area contributed by atoms with Crippen LogP contribution < -0.4 is 5.32 Å². The highest BCUT2D eigenvalue weighted by Gasteiger charge is 2.21. The molecular formula is C19H24N2O. The molecule has 3 heteroatoms. The second-order valence-electron chi connectivity index (χ2n) is 6.08. The highest BCUT2D eigenvalue weighted by Crippen LogP contribution is 2.29. The molecular weight excluding hydrogens is 272 g/mol. The summed E-state index contributed by atoms with van der Waals surface area (Å²) in [6, 6.07) is 12.8. The lowest BCUT2D eigenvalue weighted by molar-refractivity contribution is 0.191. The molecule has 0 saturated carbocycles. The zero-order valence-corrected chi connectivity index (χ0v) is 13.3. The van der Waals surface area contributed by atoms with E-state index in [0.29, 0.717) is 13.1 Å². The van der Waals surface area contributed by atoms with Gasteiger partial charge < -0.3 is 10.2 Å². The Morgan fingerprint density at radius 1 is 1.05 bits per heavy atom. The standard InChI is InChI=1S/C19H24N2O/c1-2-3-4-5-12-20-19(22)21-13-16-10-6-8-15-9-7-11-17(14-21)18(15)16/h6-11H,2-5,12-14H2,1H3,(H,20,22). The summed E-state index contributed by atoms with van der Waals surface area (Å²) in [5, 5.41) is 5.66. The van der Waals surface area contributed by atoms with Crippen molar-refractivity contribution in [1.29, 1.82) is 0 Å². The van der Waals surface area contributed by atoms with Crippen LogP contribution in [0.25, 0.3) is 10.8 Å². The zero-order valence-electron chi connectivity index (χ0n) is 13.3. The van der Waals surface area contributed by atoms with Crippen molar-refractivity contribution in [3.63, 3.8) is 0 Å². The molecule has 0 fully saturated rings. The summed E-state index contributed by atoms with van der Waals surface area (Å²) in [6.07, 6.45) is 4.73. The number of nitrogens with one attached hydrogen (secondary N) is 1. The van der Waals surface area contributed by atoms with Crippen molar-refractivity contribution in [2.24, 2.45) is 0 Å². The van der Waals surface area contributed by atoms with Gasteiger partial charge in [-0.3, -0.25) is 0 Å². The van der Waals surface area contributed by atoms with Crippen molar-refractivity contribution >= 4 is 16.8 Å². The largest absolute Gasteiger partial charge is 0.338 e. The average Bonchev–Trinajstić information content (AvgIpc) is 2.55. The highest BCUT2D eigenvalue weighted by atomic mass is 16.2. The lowest BCUT2D eigenvalue weighted by atomic mass is 9.95. The van der Waals surface area contributed by atoms with Crippen LogP contribution in [0.3, 0.4) is 0 Å². The molecule has 1 N–H and O–H groups in total. The first-order chi connectivity index (χ1) is 10.8. The Morgan fingerprint density at radius 2 is 1.73 bits per heavy atom. The third-order valence-corrected chi connectivity index (χ3v) is 4.39. The first kappa shape index (κ1) is 14.9. The van der Waals surface area contributed by atoms with E-state index in [1.807, 2.05) is 4.90 Å². The van der Waals surface area contributed by atoms with Crippen molar-refractivity contribution in [1.82, 2.24) is 10.2 Å². The summed E-state index contributed by atoms with van der Waals surface area (Å²) >= 11 is 0. The Hall–Kier alpha value is -2.03. The van der Waals surface area contributed by atoms with Gasteiger partial charge in [-0.05, 0) is 28.3 Å². The van der Waals surface area contributed by atoms with Crippen LogP contribution in [-0.2, 0) is 13.1 Å². The van der Waals surface area contributed by atoms with E-state index in [4.69, 9.17) is 0 Å². The van der Waals surface area contributed by atoms with E-state index in [1.54, 1.807) is 0 Å². The molecule has 2 aromatic rings. The van der Waals surface area contributed by atoms with E-state index >= 15 is 0 Å². The molecule has 2 amide bonds. The molecule has 3 rings (SSSR count). The molecule has 0 radical (unpaired) electrons. The fraction of sp³-hybridized carbons (Fsp3) is 0.421. The number of nitrogens with zero attached hydrogens (tertiary/aromatic N) is 1. The lowest BCUT2D eigenvalue weighted by Gasteiger charge is -2.29. The number of amides is 2. The van der Waals surface area contributed by atoms with Crippen molar-refractivity contribution in [3.05, 3.63) is 47.5 Å². The molecule has 0 spiro atoms. The molecule has 0 unspecified atom stereocenters. The number of hydrogen-bond donors (Lipinski definition) is 1. The molecule has 0 atom stereocenters. The third-order valence-electron chi connectivity index (χ3n) is 4.39. The van der Waals surface area contributed by atoms with Crippen molar-refractivity contribution in [2.45, 2.75) is 45.7 Å². The maximum absolute atomic E-state index is 12.4. The number of unbranched alkanes of at least 4 members (excludes halogenated alkanes) is 3. The van der Waals surface area contributed by atoms with E-state index in [2.05, 4.69) is 48.6 Å². The molecule has 1 aliphatic rings. The molecule has 3 nitrogen and oxygen atoms in total. The van der Waals surface area contributed by atoms with Crippen LogP contribution >= 0.6 is 0 Å². The van der Waals surface area contributed by atoms with Gasteiger partial charge >= 0.3 is 6.03 Å². The Balaban J connectivity index is 1.65.